The third-order valence-corrected chi connectivity index (χ3v) is 8.17. The van der Waals surface area contributed by atoms with Crippen LogP contribution in [0.1, 0.15) is 91.4 Å². The fraction of sp³-hybridized carbons (Fsp3) is 0.406. The van der Waals surface area contributed by atoms with Gasteiger partial charge in [-0.25, -0.2) is 15.0 Å². The Morgan fingerprint density at radius 1 is 0.838 bits per heavy atom. The summed E-state index contributed by atoms with van der Waals surface area (Å²) in [6.45, 7) is 1.99. The Bertz CT molecular complexity index is 1370. The molecular formula is C32H36N4O. The van der Waals surface area contributed by atoms with Crippen molar-refractivity contribution in [2.75, 3.05) is 7.11 Å². The molecule has 4 aromatic rings. The van der Waals surface area contributed by atoms with Crippen molar-refractivity contribution < 1.29 is 4.74 Å². The first kappa shape index (κ1) is 23.9. The molecule has 0 aliphatic heterocycles. The molecule has 2 aromatic heterocycles. The lowest BCUT2D eigenvalue weighted by atomic mass is 9.87. The molecule has 2 aliphatic carbocycles. The summed E-state index contributed by atoms with van der Waals surface area (Å²) in [5, 5.41) is 0. The summed E-state index contributed by atoms with van der Waals surface area (Å²) < 4.78 is 7.74. The number of ether oxygens (including phenoxy) is 1. The second-order valence-corrected chi connectivity index (χ2v) is 10.7. The molecular weight excluding hydrogens is 456 g/mol. The Kier molecular flexibility index (Phi) is 6.77. The fourth-order valence-corrected chi connectivity index (χ4v) is 6.12. The van der Waals surface area contributed by atoms with E-state index in [1.165, 1.54) is 49.7 Å². The van der Waals surface area contributed by atoms with Gasteiger partial charge in [-0.2, -0.15) is 0 Å². The molecule has 0 radical (unpaired) electrons. The van der Waals surface area contributed by atoms with Gasteiger partial charge in [0.2, 0.25) is 0 Å². The van der Waals surface area contributed by atoms with Gasteiger partial charge in [-0.15, -0.1) is 0 Å². The first-order chi connectivity index (χ1) is 18.2. The molecule has 5 heteroatoms. The van der Waals surface area contributed by atoms with Crippen molar-refractivity contribution in [1.82, 2.24) is 19.5 Å². The highest BCUT2D eigenvalue weighted by Gasteiger charge is 2.23. The SMILES string of the molecule is COc1cc(-c2nc3cc(n2)C(c2ccc(C4CCCCCC4)cc2)CCC3)ccc1-n1cnc(C)c1. The molecule has 6 rings (SSSR count). The zero-order valence-electron chi connectivity index (χ0n) is 22.0. The lowest BCUT2D eigenvalue weighted by Gasteiger charge is -2.19. The molecule has 2 aliphatic rings. The minimum atomic E-state index is 0.307. The van der Waals surface area contributed by atoms with E-state index in [0.717, 1.165) is 65.1 Å². The summed E-state index contributed by atoms with van der Waals surface area (Å²) in [6.07, 6.45) is 15.2. The highest BCUT2D eigenvalue weighted by Crippen LogP contribution is 2.37. The number of methoxy groups -OCH3 is 1. The average molecular weight is 493 g/mol. The number of imidazole rings is 1. The summed E-state index contributed by atoms with van der Waals surface area (Å²) in [4.78, 5) is 14.4. The normalized spacial score (nSPS) is 18.3. The Labute approximate surface area is 220 Å². The predicted molar refractivity (Wildman–Crippen MR) is 148 cm³/mol. The van der Waals surface area contributed by atoms with E-state index in [9.17, 15) is 0 Å². The predicted octanol–water partition coefficient (Wildman–Crippen LogP) is 7.55. The average Bonchev–Trinajstić information content (AvgIpc) is 3.11. The van der Waals surface area contributed by atoms with Crippen molar-refractivity contribution >= 4 is 0 Å². The van der Waals surface area contributed by atoms with Gasteiger partial charge >= 0.3 is 0 Å². The Morgan fingerprint density at radius 2 is 1.62 bits per heavy atom. The zero-order valence-corrected chi connectivity index (χ0v) is 22.0. The lowest BCUT2D eigenvalue weighted by molar-refractivity contribution is 0.413. The molecule has 1 unspecified atom stereocenters. The van der Waals surface area contributed by atoms with Crippen LogP contribution in [-0.2, 0) is 6.42 Å². The van der Waals surface area contributed by atoms with Gasteiger partial charge in [0.25, 0.3) is 0 Å². The third-order valence-electron chi connectivity index (χ3n) is 8.17. The van der Waals surface area contributed by atoms with Gasteiger partial charge in [0.05, 0.1) is 30.5 Å². The van der Waals surface area contributed by atoms with Crippen molar-refractivity contribution in [3.8, 4) is 22.8 Å². The van der Waals surface area contributed by atoms with E-state index in [4.69, 9.17) is 14.7 Å². The maximum Gasteiger partial charge on any atom is 0.159 e. The van der Waals surface area contributed by atoms with Crippen LogP contribution < -0.4 is 4.74 Å². The lowest BCUT2D eigenvalue weighted by Crippen LogP contribution is -2.05. The molecule has 2 bridgehead atoms. The number of hydrogen-bond acceptors (Lipinski definition) is 4. The Balaban J connectivity index is 1.30. The van der Waals surface area contributed by atoms with Crippen LogP contribution in [0.2, 0.25) is 0 Å². The first-order valence-corrected chi connectivity index (χ1v) is 13.8. The number of aryl methyl sites for hydroxylation is 2. The van der Waals surface area contributed by atoms with Crippen LogP contribution in [0.3, 0.4) is 0 Å². The monoisotopic (exact) mass is 492 g/mol. The van der Waals surface area contributed by atoms with Gasteiger partial charge < -0.3 is 9.30 Å². The van der Waals surface area contributed by atoms with Crippen LogP contribution >= 0.6 is 0 Å². The number of fused-ring (bicyclic) bond motifs is 2. The molecule has 0 amide bonds. The van der Waals surface area contributed by atoms with E-state index in [2.05, 4.69) is 47.4 Å². The maximum absolute atomic E-state index is 5.75. The summed E-state index contributed by atoms with van der Waals surface area (Å²) in [7, 11) is 1.71. The standard InChI is InChI=1S/C32H36N4O/c1-22-20-36(21-33-22)30-17-16-26(18-31(30)37-2)32-34-27-10-7-11-28(29(19-27)35-32)25-14-12-24(13-15-25)23-8-5-3-4-6-9-23/h12-21,23,28H,3-11H2,1-2H3. The summed E-state index contributed by atoms with van der Waals surface area (Å²) >= 11 is 0. The number of rotatable bonds is 5. The molecule has 5 nitrogen and oxygen atoms in total. The van der Waals surface area contributed by atoms with Gasteiger partial charge in [0, 0.05) is 23.4 Å². The topological polar surface area (TPSA) is 52.8 Å². The van der Waals surface area contributed by atoms with Crippen molar-refractivity contribution in [3.63, 3.8) is 0 Å². The highest BCUT2D eigenvalue weighted by molar-refractivity contribution is 5.63. The van der Waals surface area contributed by atoms with E-state index in [1.54, 1.807) is 7.11 Å². The quantitative estimate of drug-likeness (QED) is 0.270. The number of benzene rings is 2. The molecule has 2 heterocycles. The molecule has 190 valence electrons. The first-order valence-electron chi connectivity index (χ1n) is 13.8. The summed E-state index contributed by atoms with van der Waals surface area (Å²) in [5.74, 6) is 2.60. The molecule has 37 heavy (non-hydrogen) atoms. The van der Waals surface area contributed by atoms with Gasteiger partial charge in [-0.05, 0) is 80.3 Å². The summed E-state index contributed by atoms with van der Waals surface area (Å²) in [6, 6.07) is 17.9. The second-order valence-electron chi connectivity index (χ2n) is 10.7. The molecule has 0 saturated heterocycles. The molecule has 0 N–H and O–H groups in total. The zero-order chi connectivity index (χ0) is 25.2. The molecule has 2 aromatic carbocycles. The summed E-state index contributed by atoms with van der Waals surface area (Å²) in [5.41, 5.74) is 8.06. The van der Waals surface area contributed by atoms with Gasteiger partial charge in [0.1, 0.15) is 5.75 Å². The smallest absolute Gasteiger partial charge is 0.159 e. The molecule has 1 saturated carbocycles. The highest BCUT2D eigenvalue weighted by atomic mass is 16.5. The third kappa shape index (κ3) is 5.04. The van der Waals surface area contributed by atoms with Crippen LogP contribution in [0, 0.1) is 6.92 Å². The van der Waals surface area contributed by atoms with Crippen LogP contribution in [0.5, 0.6) is 5.75 Å². The van der Waals surface area contributed by atoms with Gasteiger partial charge in [0.15, 0.2) is 5.82 Å². The molecule has 1 atom stereocenters. The van der Waals surface area contributed by atoms with Crippen LogP contribution in [-0.4, -0.2) is 26.6 Å². The van der Waals surface area contributed by atoms with Crippen LogP contribution in [0.4, 0.5) is 0 Å². The van der Waals surface area contributed by atoms with E-state index in [0.29, 0.717) is 5.92 Å². The van der Waals surface area contributed by atoms with E-state index >= 15 is 0 Å². The van der Waals surface area contributed by atoms with Crippen molar-refractivity contribution in [3.05, 3.63) is 89.3 Å². The second kappa shape index (κ2) is 10.5. The van der Waals surface area contributed by atoms with E-state index < -0.39 is 0 Å². The van der Waals surface area contributed by atoms with Crippen LogP contribution in [0.15, 0.2) is 61.1 Å². The molecule has 0 spiro atoms. The van der Waals surface area contributed by atoms with Crippen molar-refractivity contribution in [2.45, 2.75) is 76.5 Å². The van der Waals surface area contributed by atoms with E-state index in [1.807, 2.05) is 30.1 Å². The van der Waals surface area contributed by atoms with Crippen molar-refractivity contribution in [2.24, 2.45) is 0 Å². The van der Waals surface area contributed by atoms with Crippen molar-refractivity contribution in [1.29, 1.82) is 0 Å². The number of nitrogens with zero attached hydrogens (tertiary/aromatic N) is 4. The van der Waals surface area contributed by atoms with E-state index in [-0.39, 0.29) is 0 Å². The van der Waals surface area contributed by atoms with Crippen LogP contribution in [0.25, 0.3) is 17.1 Å². The fourth-order valence-electron chi connectivity index (χ4n) is 6.12. The minimum absolute atomic E-state index is 0.307. The maximum atomic E-state index is 5.75. The Morgan fingerprint density at radius 3 is 2.35 bits per heavy atom. The Hall–Kier alpha value is -3.47. The molecule has 1 fully saturated rings. The minimum Gasteiger partial charge on any atom is -0.495 e. The van der Waals surface area contributed by atoms with Gasteiger partial charge in [-0.1, -0.05) is 49.9 Å². The number of hydrogen-bond donors (Lipinski definition) is 0. The largest absolute Gasteiger partial charge is 0.495 e. The number of aromatic nitrogens is 4. The van der Waals surface area contributed by atoms with Gasteiger partial charge in [-0.3, -0.25) is 0 Å².